The molecule has 0 N–H and O–H groups in total. The van der Waals surface area contributed by atoms with Gasteiger partial charge in [-0.25, -0.2) is 0 Å². The van der Waals surface area contributed by atoms with Gasteiger partial charge in [-0.1, -0.05) is 194 Å². The van der Waals surface area contributed by atoms with Gasteiger partial charge in [-0.05, 0) is 127 Å². The third kappa shape index (κ3) is 7.34. The molecule has 0 heterocycles. The van der Waals surface area contributed by atoms with E-state index in [0.29, 0.717) is 0 Å². The first-order chi connectivity index (χ1) is 29.2. The number of hydrogen-bond donors (Lipinski definition) is 0. The van der Waals surface area contributed by atoms with Crippen molar-refractivity contribution in [3.05, 3.63) is 249 Å². The zero-order valence-corrected chi connectivity index (χ0v) is 32.6. The van der Waals surface area contributed by atoms with E-state index in [4.69, 9.17) is 0 Å². The molecule has 0 amide bonds. The van der Waals surface area contributed by atoms with Gasteiger partial charge in [0.1, 0.15) is 0 Å². The minimum Gasteiger partial charge on any atom is -0.310 e. The van der Waals surface area contributed by atoms with Crippen molar-refractivity contribution in [2.24, 2.45) is 0 Å². The first kappa shape index (κ1) is 35.7. The molecule has 0 aliphatic carbocycles. The minimum atomic E-state index is 1.10. The second kappa shape index (κ2) is 16.0. The molecule has 0 aliphatic rings. The van der Waals surface area contributed by atoms with Gasteiger partial charge < -0.3 is 4.90 Å². The van der Waals surface area contributed by atoms with E-state index in [9.17, 15) is 0 Å². The molecule has 0 atom stereocenters. The summed E-state index contributed by atoms with van der Waals surface area (Å²) in [7, 11) is 0. The van der Waals surface area contributed by atoms with Gasteiger partial charge in [-0.2, -0.15) is 0 Å². The van der Waals surface area contributed by atoms with Gasteiger partial charge in [0.25, 0.3) is 0 Å². The van der Waals surface area contributed by atoms with Crippen LogP contribution in [-0.4, -0.2) is 0 Å². The van der Waals surface area contributed by atoms with Crippen LogP contribution in [0.2, 0.25) is 0 Å². The van der Waals surface area contributed by atoms with E-state index in [1.165, 1.54) is 77.5 Å². The molecule has 278 valence electrons. The summed E-state index contributed by atoms with van der Waals surface area (Å²) in [5.41, 5.74) is 17.7. The number of benzene rings is 10. The molecular weight excluding hydrogens is 711 g/mol. The molecule has 10 aromatic rings. The monoisotopic (exact) mass is 751 g/mol. The van der Waals surface area contributed by atoms with E-state index in [2.05, 4.69) is 254 Å². The van der Waals surface area contributed by atoms with Crippen LogP contribution < -0.4 is 4.90 Å². The smallest absolute Gasteiger partial charge is 0.0540 e. The van der Waals surface area contributed by atoms with Crippen LogP contribution in [0.4, 0.5) is 17.1 Å². The van der Waals surface area contributed by atoms with Crippen LogP contribution >= 0.6 is 0 Å². The molecule has 59 heavy (non-hydrogen) atoms. The van der Waals surface area contributed by atoms with Gasteiger partial charge in [-0.15, -0.1) is 0 Å². The number of nitrogens with zero attached hydrogens (tertiary/aromatic N) is 1. The maximum atomic E-state index is 2.39. The second-order valence-electron chi connectivity index (χ2n) is 15.0. The van der Waals surface area contributed by atoms with E-state index in [1.54, 1.807) is 0 Å². The lowest BCUT2D eigenvalue weighted by Crippen LogP contribution is -2.10. The molecule has 10 aromatic carbocycles. The predicted molar refractivity (Wildman–Crippen MR) is 251 cm³/mol. The topological polar surface area (TPSA) is 3.24 Å². The molecule has 0 radical (unpaired) electrons. The highest BCUT2D eigenvalue weighted by Crippen LogP contribution is 2.42. The van der Waals surface area contributed by atoms with Gasteiger partial charge in [0, 0.05) is 16.8 Å². The van der Waals surface area contributed by atoms with Crippen LogP contribution in [0.3, 0.4) is 0 Å². The van der Waals surface area contributed by atoms with Crippen LogP contribution in [0.15, 0.2) is 249 Å². The van der Waals surface area contributed by atoms with E-state index >= 15 is 0 Å². The van der Waals surface area contributed by atoms with E-state index in [0.717, 1.165) is 17.1 Å². The summed E-state index contributed by atoms with van der Waals surface area (Å²) in [4.78, 5) is 2.39. The lowest BCUT2D eigenvalue weighted by atomic mass is 9.91. The second-order valence-corrected chi connectivity index (χ2v) is 15.0. The molecule has 1 nitrogen and oxygen atoms in total. The number of anilines is 3. The number of fused-ring (bicyclic) bond motifs is 1. The van der Waals surface area contributed by atoms with Gasteiger partial charge in [-0.3, -0.25) is 0 Å². The van der Waals surface area contributed by atoms with Crippen LogP contribution in [0.25, 0.3) is 77.5 Å². The molecule has 0 aliphatic heterocycles. The molecule has 0 unspecified atom stereocenters. The summed E-state index contributed by atoms with van der Waals surface area (Å²) in [5, 5.41) is 2.41. The molecule has 0 aromatic heterocycles. The highest BCUT2D eigenvalue weighted by Gasteiger charge is 2.17. The zero-order valence-electron chi connectivity index (χ0n) is 32.6. The first-order valence-corrected chi connectivity index (χ1v) is 20.2. The van der Waals surface area contributed by atoms with Gasteiger partial charge in [0.2, 0.25) is 0 Å². The summed E-state index contributed by atoms with van der Waals surface area (Å²) < 4.78 is 0. The average Bonchev–Trinajstić information content (AvgIpc) is 3.33. The summed E-state index contributed by atoms with van der Waals surface area (Å²) in [6.07, 6.45) is 0. The van der Waals surface area contributed by atoms with E-state index in [1.807, 2.05) is 0 Å². The minimum absolute atomic E-state index is 1.10. The summed E-state index contributed by atoms with van der Waals surface area (Å²) in [5.74, 6) is 0. The van der Waals surface area contributed by atoms with Crippen molar-refractivity contribution in [3.63, 3.8) is 0 Å². The fourth-order valence-corrected chi connectivity index (χ4v) is 8.28. The number of hydrogen-bond acceptors (Lipinski definition) is 1. The van der Waals surface area contributed by atoms with Gasteiger partial charge >= 0.3 is 0 Å². The van der Waals surface area contributed by atoms with Crippen molar-refractivity contribution in [1.29, 1.82) is 0 Å². The van der Waals surface area contributed by atoms with Crippen molar-refractivity contribution >= 4 is 27.8 Å². The Morgan fingerprint density at radius 1 is 0.220 bits per heavy atom. The Morgan fingerprint density at radius 3 is 1.14 bits per heavy atom. The lowest BCUT2D eigenvalue weighted by molar-refractivity contribution is 1.30. The Labute approximate surface area is 346 Å². The van der Waals surface area contributed by atoms with Crippen LogP contribution in [0, 0.1) is 0 Å². The summed E-state index contributed by atoms with van der Waals surface area (Å²) in [6.45, 7) is 0. The normalized spacial score (nSPS) is 11.1. The first-order valence-electron chi connectivity index (χ1n) is 20.2. The van der Waals surface area contributed by atoms with Gasteiger partial charge in [0.15, 0.2) is 0 Å². The fraction of sp³-hybridized carbons (Fsp3) is 0. The molecule has 0 saturated carbocycles. The molecule has 0 spiro atoms. The van der Waals surface area contributed by atoms with Gasteiger partial charge in [0.05, 0.1) is 5.69 Å². The molecule has 0 fully saturated rings. The predicted octanol–water partition coefficient (Wildman–Crippen LogP) is 16.3. The van der Waals surface area contributed by atoms with E-state index < -0.39 is 0 Å². The maximum absolute atomic E-state index is 2.39. The molecule has 0 saturated heterocycles. The maximum Gasteiger partial charge on any atom is 0.0540 e. The van der Waals surface area contributed by atoms with Crippen molar-refractivity contribution in [1.82, 2.24) is 0 Å². The Balaban J connectivity index is 1.05. The SMILES string of the molecule is c1ccc(-c2cc(-c3ccccc3)cc(-c3ccc(N(c4ccc(-c5ccc(-c6ccccc6)c(-c6ccccc6)c5)cc4)c4cccc5ccccc45)cc3)c2)cc1. The average molecular weight is 752 g/mol. The van der Waals surface area contributed by atoms with Crippen LogP contribution in [0.5, 0.6) is 0 Å². The van der Waals surface area contributed by atoms with Crippen molar-refractivity contribution in [3.8, 4) is 66.8 Å². The summed E-state index contributed by atoms with van der Waals surface area (Å²) >= 11 is 0. The molecule has 10 rings (SSSR count). The van der Waals surface area contributed by atoms with E-state index in [-0.39, 0.29) is 0 Å². The largest absolute Gasteiger partial charge is 0.310 e. The zero-order chi connectivity index (χ0) is 39.4. The third-order valence-electron chi connectivity index (χ3n) is 11.3. The molecule has 0 bridgehead atoms. The Hall–Kier alpha value is -7.74. The highest BCUT2D eigenvalue weighted by atomic mass is 15.1. The van der Waals surface area contributed by atoms with Crippen molar-refractivity contribution in [2.75, 3.05) is 4.90 Å². The van der Waals surface area contributed by atoms with Crippen molar-refractivity contribution in [2.45, 2.75) is 0 Å². The lowest BCUT2D eigenvalue weighted by Gasteiger charge is -2.27. The molecular formula is C58H41N. The summed E-state index contributed by atoms with van der Waals surface area (Å²) in [6, 6.07) is 89.8. The fourth-order valence-electron chi connectivity index (χ4n) is 8.28. The van der Waals surface area contributed by atoms with Crippen LogP contribution in [-0.2, 0) is 0 Å². The molecule has 1 heteroatoms. The van der Waals surface area contributed by atoms with Crippen molar-refractivity contribution < 1.29 is 0 Å². The Morgan fingerprint density at radius 2 is 0.610 bits per heavy atom. The number of rotatable bonds is 9. The Bertz CT molecular complexity index is 2930. The van der Waals surface area contributed by atoms with Crippen LogP contribution in [0.1, 0.15) is 0 Å². The standard InChI is InChI=1S/C58H41N/c1-5-16-42(17-6-1)50-38-51(43-18-7-2-8-19-43)40-52(39-50)45-30-35-54(36-31-45)59(58-27-15-25-47-24-13-14-26-56(47)58)53-33-28-44(29-34-53)49-32-37-55(46-20-9-3-10-21-46)57(41-49)48-22-11-4-12-23-48/h1-41H. The third-order valence-corrected chi connectivity index (χ3v) is 11.3. The Kier molecular flexibility index (Phi) is 9.68. The quantitative estimate of drug-likeness (QED) is 0.142. The highest BCUT2D eigenvalue weighted by molar-refractivity contribution is 5.99.